The molecule has 0 aromatic heterocycles. The van der Waals surface area contributed by atoms with Gasteiger partial charge in [0, 0.05) is 5.56 Å². The molecule has 0 aliphatic rings. The third-order valence-electron chi connectivity index (χ3n) is 4.04. The third kappa shape index (κ3) is 7.60. The third-order valence-corrected chi connectivity index (χ3v) is 4.04. The van der Waals surface area contributed by atoms with E-state index in [0.717, 1.165) is 18.2 Å². The average molecular weight is 462 g/mol. The molecule has 12 heteroatoms. The Hall–Kier alpha value is -3.57. The van der Waals surface area contributed by atoms with E-state index >= 15 is 0 Å². The number of alkyl halides is 5. The fourth-order valence-electron chi connectivity index (χ4n) is 2.60. The van der Waals surface area contributed by atoms with Gasteiger partial charge in [-0.05, 0) is 42.8 Å². The molecule has 0 bridgehead atoms. The van der Waals surface area contributed by atoms with Crippen molar-refractivity contribution >= 4 is 11.8 Å². The summed E-state index contributed by atoms with van der Waals surface area (Å²) in [6, 6.07) is 7.92. The number of rotatable bonds is 9. The Kier molecular flexibility index (Phi) is 8.21. The van der Waals surface area contributed by atoms with Crippen molar-refractivity contribution in [2.24, 2.45) is 0 Å². The molecule has 0 aliphatic carbocycles. The highest BCUT2D eigenvalue weighted by Gasteiger charge is 2.31. The average Bonchev–Trinajstić information content (AvgIpc) is 2.71. The first-order valence-electron chi connectivity index (χ1n) is 9.04. The Morgan fingerprint density at radius 3 is 2.25 bits per heavy atom. The second-order valence-corrected chi connectivity index (χ2v) is 6.33. The molecule has 0 saturated carbocycles. The maximum absolute atomic E-state index is 12.4. The predicted octanol–water partition coefficient (Wildman–Crippen LogP) is 3.80. The first kappa shape index (κ1) is 24.7. The molecule has 1 atom stereocenters. The number of amides is 2. The summed E-state index contributed by atoms with van der Waals surface area (Å²) >= 11 is 0. The first-order chi connectivity index (χ1) is 15.0. The van der Waals surface area contributed by atoms with Gasteiger partial charge in [0.25, 0.3) is 5.91 Å². The van der Waals surface area contributed by atoms with Crippen molar-refractivity contribution in [3.63, 3.8) is 0 Å². The Morgan fingerprint density at radius 1 is 1.03 bits per heavy atom. The van der Waals surface area contributed by atoms with Crippen LogP contribution in [-0.2, 0) is 4.79 Å². The van der Waals surface area contributed by atoms with Crippen LogP contribution in [0.1, 0.15) is 28.9 Å². The van der Waals surface area contributed by atoms with Crippen LogP contribution < -0.4 is 24.8 Å². The molecule has 32 heavy (non-hydrogen) atoms. The number of methoxy groups -OCH3 is 1. The molecule has 0 heterocycles. The fourth-order valence-corrected chi connectivity index (χ4v) is 2.60. The molecule has 0 spiro atoms. The highest BCUT2D eigenvalue weighted by molar-refractivity contribution is 5.97. The number of nitrogens with one attached hydrogen (secondary N) is 2. The molecule has 0 saturated heterocycles. The fraction of sp³-hybridized carbons (Fsp3) is 0.300. The van der Waals surface area contributed by atoms with Gasteiger partial charge >= 0.3 is 13.0 Å². The SMILES string of the molecule is COc1cc(C(=O)NCC(=O)NC(C)c2ccc(OC(F)(F)F)cc2)ccc1OC(F)F. The summed E-state index contributed by atoms with van der Waals surface area (Å²) in [6.07, 6.45) is -4.81. The zero-order valence-corrected chi connectivity index (χ0v) is 16.8. The minimum atomic E-state index is -4.81. The first-order valence-corrected chi connectivity index (χ1v) is 9.04. The molecule has 2 amide bonds. The lowest BCUT2D eigenvalue weighted by Crippen LogP contribution is -2.38. The molecule has 7 nitrogen and oxygen atoms in total. The number of hydrogen-bond acceptors (Lipinski definition) is 5. The maximum atomic E-state index is 12.4. The van der Waals surface area contributed by atoms with Crippen molar-refractivity contribution in [1.82, 2.24) is 10.6 Å². The van der Waals surface area contributed by atoms with Gasteiger partial charge in [0.2, 0.25) is 5.91 Å². The van der Waals surface area contributed by atoms with E-state index in [1.54, 1.807) is 6.92 Å². The molecule has 2 rings (SSSR count). The van der Waals surface area contributed by atoms with E-state index in [1.165, 1.54) is 31.4 Å². The molecule has 0 fully saturated rings. The number of carbonyl (C=O) groups is 2. The molecule has 1 unspecified atom stereocenters. The lowest BCUT2D eigenvalue weighted by atomic mass is 10.1. The summed E-state index contributed by atoms with van der Waals surface area (Å²) < 4.78 is 74.3. The summed E-state index contributed by atoms with van der Waals surface area (Å²) in [4.78, 5) is 24.3. The maximum Gasteiger partial charge on any atom is 0.573 e. The predicted molar refractivity (Wildman–Crippen MR) is 102 cm³/mol. The molecule has 0 aliphatic heterocycles. The van der Waals surface area contributed by atoms with Gasteiger partial charge in [-0.1, -0.05) is 12.1 Å². The van der Waals surface area contributed by atoms with Crippen molar-refractivity contribution in [2.75, 3.05) is 13.7 Å². The van der Waals surface area contributed by atoms with E-state index in [1.807, 2.05) is 0 Å². The number of hydrogen-bond donors (Lipinski definition) is 2. The van der Waals surface area contributed by atoms with Crippen LogP contribution in [0.5, 0.6) is 17.2 Å². The quantitative estimate of drug-likeness (QED) is 0.554. The van der Waals surface area contributed by atoms with Gasteiger partial charge in [0.1, 0.15) is 5.75 Å². The van der Waals surface area contributed by atoms with Gasteiger partial charge in [-0.3, -0.25) is 9.59 Å². The van der Waals surface area contributed by atoms with Gasteiger partial charge < -0.3 is 24.8 Å². The standard InChI is InChI=1S/C20H19F5N2O5/c1-11(12-3-6-14(7-4-12)32-20(23,24)25)27-17(28)10-26-18(29)13-5-8-15(31-19(21)22)16(9-13)30-2/h3-9,11,19H,10H2,1-2H3,(H,26,29)(H,27,28). The monoisotopic (exact) mass is 462 g/mol. The lowest BCUT2D eigenvalue weighted by Gasteiger charge is -2.16. The highest BCUT2D eigenvalue weighted by Crippen LogP contribution is 2.29. The molecular formula is C20H19F5N2O5. The smallest absolute Gasteiger partial charge is 0.493 e. The minimum absolute atomic E-state index is 0.0459. The van der Waals surface area contributed by atoms with Crippen LogP contribution in [-0.4, -0.2) is 38.4 Å². The molecule has 0 radical (unpaired) electrons. The van der Waals surface area contributed by atoms with Crippen LogP contribution >= 0.6 is 0 Å². The van der Waals surface area contributed by atoms with Crippen molar-refractivity contribution < 1.29 is 45.8 Å². The lowest BCUT2D eigenvalue weighted by molar-refractivity contribution is -0.274. The second kappa shape index (κ2) is 10.6. The van der Waals surface area contributed by atoms with Gasteiger partial charge in [-0.25, -0.2) is 0 Å². The summed E-state index contributed by atoms with van der Waals surface area (Å²) in [5, 5.41) is 4.94. The van der Waals surface area contributed by atoms with Crippen molar-refractivity contribution in [3.05, 3.63) is 53.6 Å². The summed E-state index contributed by atoms with van der Waals surface area (Å²) in [5.74, 6) is -1.96. The van der Waals surface area contributed by atoms with Gasteiger partial charge in [-0.2, -0.15) is 8.78 Å². The van der Waals surface area contributed by atoms with E-state index in [-0.39, 0.29) is 17.1 Å². The van der Waals surface area contributed by atoms with Crippen LogP contribution in [0.3, 0.4) is 0 Å². The van der Waals surface area contributed by atoms with Crippen LogP contribution in [0.4, 0.5) is 22.0 Å². The van der Waals surface area contributed by atoms with E-state index in [4.69, 9.17) is 4.74 Å². The summed E-state index contributed by atoms with van der Waals surface area (Å²) in [7, 11) is 1.21. The zero-order valence-electron chi connectivity index (χ0n) is 16.8. The normalized spacial score (nSPS) is 12.1. The Bertz CT molecular complexity index is 935. The van der Waals surface area contributed by atoms with Crippen LogP contribution in [0.15, 0.2) is 42.5 Å². The highest BCUT2D eigenvalue weighted by atomic mass is 19.4. The summed E-state index contributed by atoms with van der Waals surface area (Å²) in [6.45, 7) is -1.87. The number of benzene rings is 2. The van der Waals surface area contributed by atoms with Crippen molar-refractivity contribution in [2.45, 2.75) is 25.9 Å². The zero-order chi connectivity index (χ0) is 23.9. The number of carbonyl (C=O) groups excluding carboxylic acids is 2. The Labute approximate surface area is 179 Å². The van der Waals surface area contributed by atoms with Gasteiger partial charge in [-0.15, -0.1) is 13.2 Å². The van der Waals surface area contributed by atoms with E-state index in [9.17, 15) is 31.5 Å². The minimum Gasteiger partial charge on any atom is -0.493 e. The van der Waals surface area contributed by atoms with Crippen LogP contribution in [0.25, 0.3) is 0 Å². The Balaban J connectivity index is 1.90. The summed E-state index contributed by atoms with van der Waals surface area (Å²) in [5.41, 5.74) is 0.558. The second-order valence-electron chi connectivity index (χ2n) is 6.33. The number of ether oxygens (including phenoxy) is 3. The topological polar surface area (TPSA) is 85.9 Å². The molecule has 2 aromatic rings. The molecule has 174 valence electrons. The molecule has 2 aromatic carbocycles. The van der Waals surface area contributed by atoms with E-state index < -0.39 is 43.1 Å². The van der Waals surface area contributed by atoms with Crippen LogP contribution in [0.2, 0.25) is 0 Å². The Morgan fingerprint density at radius 2 is 1.69 bits per heavy atom. The van der Waals surface area contributed by atoms with E-state index in [0.29, 0.717) is 5.56 Å². The molecular weight excluding hydrogens is 443 g/mol. The van der Waals surface area contributed by atoms with Crippen molar-refractivity contribution in [3.8, 4) is 17.2 Å². The van der Waals surface area contributed by atoms with Gasteiger partial charge in [0.05, 0.1) is 19.7 Å². The van der Waals surface area contributed by atoms with Crippen molar-refractivity contribution in [1.29, 1.82) is 0 Å². The molecule has 2 N–H and O–H groups in total. The number of halogens is 5. The van der Waals surface area contributed by atoms with Crippen LogP contribution in [0, 0.1) is 0 Å². The van der Waals surface area contributed by atoms with E-state index in [2.05, 4.69) is 20.1 Å². The largest absolute Gasteiger partial charge is 0.573 e. The van der Waals surface area contributed by atoms with Gasteiger partial charge in [0.15, 0.2) is 11.5 Å².